The fourth-order valence-corrected chi connectivity index (χ4v) is 2.72. The van der Waals surface area contributed by atoms with E-state index < -0.39 is 5.91 Å². The summed E-state index contributed by atoms with van der Waals surface area (Å²) in [6.45, 7) is 0. The maximum atomic E-state index is 12.2. The van der Waals surface area contributed by atoms with Crippen molar-refractivity contribution in [2.24, 2.45) is 0 Å². The zero-order valence-electron chi connectivity index (χ0n) is 9.75. The number of halogens is 4. The molecule has 0 aliphatic heterocycles. The highest BCUT2D eigenvalue weighted by Crippen LogP contribution is 2.34. The molecule has 0 saturated carbocycles. The first-order valence-electron chi connectivity index (χ1n) is 5.25. The summed E-state index contributed by atoms with van der Waals surface area (Å²) in [4.78, 5) is 16.1. The van der Waals surface area contributed by atoms with Gasteiger partial charge >= 0.3 is 0 Å². The van der Waals surface area contributed by atoms with Gasteiger partial charge in [0.2, 0.25) is 0 Å². The summed E-state index contributed by atoms with van der Waals surface area (Å²) < 4.78 is 0.630. The Morgan fingerprint density at radius 3 is 2.40 bits per heavy atom. The Balaban J connectivity index is 2.35. The zero-order valence-corrected chi connectivity index (χ0v) is 13.6. The van der Waals surface area contributed by atoms with E-state index in [1.165, 1.54) is 18.3 Å². The van der Waals surface area contributed by atoms with Crippen LogP contribution in [-0.2, 0) is 0 Å². The lowest BCUT2D eigenvalue weighted by Gasteiger charge is -2.11. The van der Waals surface area contributed by atoms with Crippen molar-refractivity contribution in [1.29, 1.82) is 0 Å². The molecule has 1 aromatic heterocycles. The van der Waals surface area contributed by atoms with E-state index in [-0.39, 0.29) is 27.1 Å². The fourth-order valence-electron chi connectivity index (χ4n) is 1.47. The zero-order chi connectivity index (χ0) is 14.9. The minimum Gasteiger partial charge on any atom is -0.383 e. The predicted octanol–water partition coefficient (Wildman–Crippen LogP) is 4.64. The molecule has 0 saturated heterocycles. The van der Waals surface area contributed by atoms with E-state index in [1.807, 2.05) is 0 Å². The number of carbonyl (C=O) groups is 1. The van der Waals surface area contributed by atoms with Crippen LogP contribution in [0.1, 0.15) is 10.4 Å². The Hall–Kier alpha value is -1.01. The first-order valence-corrected chi connectivity index (χ1v) is 7.18. The van der Waals surface area contributed by atoms with Gasteiger partial charge in [0.1, 0.15) is 5.82 Å². The Morgan fingerprint density at radius 2 is 1.80 bits per heavy atom. The highest BCUT2D eigenvalue weighted by molar-refractivity contribution is 9.10. The third-order valence-corrected chi connectivity index (χ3v) is 3.62. The Kier molecular flexibility index (Phi) is 4.75. The average Bonchev–Trinajstić information content (AvgIpc) is 2.36. The van der Waals surface area contributed by atoms with E-state index in [1.54, 1.807) is 6.07 Å². The number of anilines is 2. The molecule has 104 valence electrons. The molecule has 4 nitrogen and oxygen atoms in total. The summed E-state index contributed by atoms with van der Waals surface area (Å²) in [6.07, 6.45) is 1.49. The number of hydrogen-bond acceptors (Lipinski definition) is 3. The van der Waals surface area contributed by atoms with Crippen molar-refractivity contribution in [3.05, 3.63) is 49.5 Å². The van der Waals surface area contributed by atoms with Gasteiger partial charge < -0.3 is 11.1 Å². The number of nitrogens with one attached hydrogen (secondary N) is 1. The van der Waals surface area contributed by atoms with E-state index in [9.17, 15) is 4.79 Å². The smallest absolute Gasteiger partial charge is 0.259 e. The lowest BCUT2D eigenvalue weighted by atomic mass is 10.2. The van der Waals surface area contributed by atoms with Crippen LogP contribution in [0.3, 0.4) is 0 Å². The molecular formula is C12H7BrCl3N3O. The van der Waals surface area contributed by atoms with Crippen molar-refractivity contribution >= 4 is 68.1 Å². The molecule has 0 bridgehead atoms. The molecule has 20 heavy (non-hydrogen) atoms. The quantitative estimate of drug-likeness (QED) is 0.778. The third kappa shape index (κ3) is 3.35. The van der Waals surface area contributed by atoms with E-state index in [2.05, 4.69) is 26.2 Å². The summed E-state index contributed by atoms with van der Waals surface area (Å²) in [5.74, 6) is -0.366. The van der Waals surface area contributed by atoms with Crippen molar-refractivity contribution in [3.63, 3.8) is 0 Å². The molecule has 0 radical (unpaired) electrons. The molecule has 2 rings (SSSR count). The Morgan fingerprint density at radius 1 is 1.20 bits per heavy atom. The van der Waals surface area contributed by atoms with Gasteiger partial charge in [-0.1, -0.05) is 34.8 Å². The van der Waals surface area contributed by atoms with Gasteiger partial charge in [0.05, 0.1) is 21.3 Å². The minimum atomic E-state index is -0.470. The van der Waals surface area contributed by atoms with E-state index >= 15 is 0 Å². The lowest BCUT2D eigenvalue weighted by molar-refractivity contribution is 0.102. The average molecular weight is 395 g/mol. The molecule has 0 fully saturated rings. The fraction of sp³-hybridized carbons (Fsp3) is 0. The molecule has 1 aromatic carbocycles. The molecule has 1 heterocycles. The second kappa shape index (κ2) is 6.18. The molecule has 1 amide bonds. The van der Waals surface area contributed by atoms with E-state index in [4.69, 9.17) is 40.5 Å². The Labute approximate surface area is 138 Å². The number of hydrogen-bond donors (Lipinski definition) is 2. The maximum absolute atomic E-state index is 12.2. The van der Waals surface area contributed by atoms with Crippen LogP contribution in [0.15, 0.2) is 28.9 Å². The number of amides is 1. The maximum Gasteiger partial charge on any atom is 0.259 e. The van der Waals surface area contributed by atoms with Gasteiger partial charge in [0.25, 0.3) is 5.91 Å². The van der Waals surface area contributed by atoms with Gasteiger partial charge in [0, 0.05) is 15.7 Å². The van der Waals surface area contributed by atoms with Crippen LogP contribution in [0.2, 0.25) is 15.1 Å². The van der Waals surface area contributed by atoms with Crippen molar-refractivity contribution in [3.8, 4) is 0 Å². The number of benzene rings is 1. The highest BCUT2D eigenvalue weighted by Gasteiger charge is 2.15. The van der Waals surface area contributed by atoms with Crippen LogP contribution in [0.4, 0.5) is 11.5 Å². The number of nitrogen functional groups attached to an aromatic ring is 1. The monoisotopic (exact) mass is 393 g/mol. The third-order valence-electron chi connectivity index (χ3n) is 2.38. The second-order valence-electron chi connectivity index (χ2n) is 3.78. The summed E-state index contributed by atoms with van der Waals surface area (Å²) in [6, 6.07) is 4.51. The van der Waals surface area contributed by atoms with Gasteiger partial charge in [-0.25, -0.2) is 4.98 Å². The lowest BCUT2D eigenvalue weighted by Crippen LogP contribution is -2.15. The first-order chi connectivity index (χ1) is 9.38. The van der Waals surface area contributed by atoms with Crippen molar-refractivity contribution in [2.45, 2.75) is 0 Å². The van der Waals surface area contributed by atoms with Crippen LogP contribution in [-0.4, -0.2) is 10.9 Å². The predicted molar refractivity (Wildman–Crippen MR) is 85.8 cm³/mol. The van der Waals surface area contributed by atoms with E-state index in [0.717, 1.165) is 0 Å². The molecule has 0 unspecified atom stereocenters. The number of aromatic nitrogens is 1. The summed E-state index contributed by atoms with van der Waals surface area (Å²) in [7, 11) is 0. The molecule has 8 heteroatoms. The topological polar surface area (TPSA) is 68.0 Å². The molecule has 0 atom stereocenters. The van der Waals surface area contributed by atoms with Gasteiger partial charge in [-0.3, -0.25) is 4.79 Å². The molecular weight excluding hydrogens is 388 g/mol. The molecule has 3 N–H and O–H groups in total. The SMILES string of the molecule is Nc1ncc(Br)cc1C(=O)Nc1c(Cl)cc(Cl)cc1Cl. The number of carbonyl (C=O) groups excluding carboxylic acids is 1. The molecule has 0 aliphatic carbocycles. The second-order valence-corrected chi connectivity index (χ2v) is 5.95. The summed E-state index contributed by atoms with van der Waals surface area (Å²) >= 11 is 21.0. The number of nitrogens with zero attached hydrogens (tertiary/aromatic N) is 1. The van der Waals surface area contributed by atoms with Gasteiger partial charge in [-0.15, -0.1) is 0 Å². The first kappa shape index (κ1) is 15.4. The summed E-state index contributed by atoms with van der Waals surface area (Å²) in [5, 5.41) is 3.43. The van der Waals surface area contributed by atoms with Crippen LogP contribution in [0, 0.1) is 0 Å². The van der Waals surface area contributed by atoms with Gasteiger partial charge in [-0.2, -0.15) is 0 Å². The van der Waals surface area contributed by atoms with Gasteiger partial charge in [0.15, 0.2) is 0 Å². The van der Waals surface area contributed by atoms with Crippen LogP contribution in [0.5, 0.6) is 0 Å². The molecule has 0 spiro atoms. The van der Waals surface area contributed by atoms with Crippen molar-refractivity contribution in [1.82, 2.24) is 4.98 Å². The highest BCUT2D eigenvalue weighted by atomic mass is 79.9. The summed E-state index contributed by atoms with van der Waals surface area (Å²) in [5.41, 5.74) is 6.14. The van der Waals surface area contributed by atoms with Crippen LogP contribution in [0.25, 0.3) is 0 Å². The largest absolute Gasteiger partial charge is 0.383 e. The van der Waals surface area contributed by atoms with Crippen LogP contribution >= 0.6 is 50.7 Å². The molecule has 0 aliphatic rings. The van der Waals surface area contributed by atoms with Crippen LogP contribution < -0.4 is 11.1 Å². The van der Waals surface area contributed by atoms with Crippen molar-refractivity contribution < 1.29 is 4.79 Å². The normalized spacial score (nSPS) is 10.4. The number of pyridine rings is 1. The van der Waals surface area contributed by atoms with E-state index in [0.29, 0.717) is 9.50 Å². The van der Waals surface area contributed by atoms with Crippen molar-refractivity contribution in [2.75, 3.05) is 11.1 Å². The van der Waals surface area contributed by atoms with Gasteiger partial charge in [-0.05, 0) is 34.1 Å². The Bertz CT molecular complexity index is 671. The standard InChI is InChI=1S/C12H7BrCl3N3O/c13-5-1-7(11(17)18-4-5)12(20)19-10-8(15)2-6(14)3-9(10)16/h1-4H,(H2,17,18)(H,19,20). The minimum absolute atomic E-state index is 0.104. The number of nitrogens with two attached hydrogens (primary N) is 1. The molecule has 2 aromatic rings. The number of rotatable bonds is 2.